The molecule has 0 radical (unpaired) electrons. The van der Waals surface area contributed by atoms with E-state index < -0.39 is 11.9 Å². The first kappa shape index (κ1) is 16.0. The second-order valence-electron chi connectivity index (χ2n) is 5.38. The van der Waals surface area contributed by atoms with Crippen LogP contribution in [0.25, 0.3) is 0 Å². The molecule has 1 aliphatic heterocycles. The molecule has 5 nitrogen and oxygen atoms in total. The minimum Gasteiger partial charge on any atom is -0.492 e. The van der Waals surface area contributed by atoms with Crippen molar-refractivity contribution in [2.45, 2.75) is 19.4 Å². The molecule has 1 heterocycles. The van der Waals surface area contributed by atoms with Crippen molar-refractivity contribution in [1.82, 2.24) is 0 Å². The molecule has 2 amide bonds. The van der Waals surface area contributed by atoms with Gasteiger partial charge in [0.1, 0.15) is 17.6 Å². The maximum atomic E-state index is 13.3. The van der Waals surface area contributed by atoms with E-state index in [-0.39, 0.29) is 18.2 Å². The molecule has 1 aliphatic rings. The maximum Gasteiger partial charge on any atom is 0.256 e. The van der Waals surface area contributed by atoms with E-state index >= 15 is 0 Å². The summed E-state index contributed by atoms with van der Waals surface area (Å²) in [5.41, 5.74) is 0.888. The molecule has 1 saturated heterocycles. The molecular weight excluding hydrogens is 311 g/mol. The fourth-order valence-electron chi connectivity index (χ4n) is 2.70. The number of rotatable bonds is 5. The minimum absolute atomic E-state index is 0.00973. The molecule has 0 bridgehead atoms. The van der Waals surface area contributed by atoms with Gasteiger partial charge in [-0.3, -0.25) is 9.59 Å². The highest BCUT2D eigenvalue weighted by atomic mass is 19.1. The van der Waals surface area contributed by atoms with E-state index in [9.17, 15) is 14.0 Å². The van der Waals surface area contributed by atoms with Crippen molar-refractivity contribution in [1.29, 1.82) is 0 Å². The first-order valence-electron chi connectivity index (χ1n) is 7.71. The summed E-state index contributed by atoms with van der Waals surface area (Å²) >= 11 is 0. The Morgan fingerprint density at radius 1 is 1.21 bits per heavy atom. The van der Waals surface area contributed by atoms with Crippen molar-refractivity contribution in [2.75, 3.05) is 16.8 Å². The Bertz CT molecular complexity index is 778. The van der Waals surface area contributed by atoms with Gasteiger partial charge in [-0.15, -0.1) is 0 Å². The zero-order valence-electron chi connectivity index (χ0n) is 13.2. The van der Waals surface area contributed by atoms with Gasteiger partial charge in [-0.2, -0.15) is 0 Å². The van der Waals surface area contributed by atoms with Crippen LogP contribution in [0.15, 0.2) is 48.5 Å². The first-order valence-corrected chi connectivity index (χ1v) is 7.71. The number of amides is 2. The van der Waals surface area contributed by atoms with Crippen molar-refractivity contribution in [3.63, 3.8) is 0 Å². The van der Waals surface area contributed by atoms with Crippen LogP contribution in [0, 0.1) is 5.82 Å². The molecule has 3 rings (SSSR count). The summed E-state index contributed by atoms with van der Waals surface area (Å²) < 4.78 is 18.8. The Balaban J connectivity index is 1.84. The minimum atomic E-state index is -0.728. The molecule has 1 fully saturated rings. The Hall–Kier alpha value is -2.89. The molecule has 0 saturated carbocycles. The Labute approximate surface area is 139 Å². The predicted octanol–water partition coefficient (Wildman–Crippen LogP) is 2.97. The van der Waals surface area contributed by atoms with Gasteiger partial charge in [0.25, 0.3) is 5.91 Å². The summed E-state index contributed by atoms with van der Waals surface area (Å²) in [5, 5.41) is 2.92. The zero-order valence-corrected chi connectivity index (χ0v) is 13.2. The normalized spacial score (nSPS) is 17.2. The Morgan fingerprint density at radius 2 is 2.00 bits per heavy atom. The Kier molecular flexibility index (Phi) is 4.46. The van der Waals surface area contributed by atoms with Crippen LogP contribution in [0.5, 0.6) is 5.75 Å². The average Bonchev–Trinajstić information content (AvgIpc) is 2.82. The van der Waals surface area contributed by atoms with Crippen molar-refractivity contribution in [3.05, 3.63) is 54.3 Å². The first-order chi connectivity index (χ1) is 11.6. The second kappa shape index (κ2) is 6.70. The van der Waals surface area contributed by atoms with Gasteiger partial charge in [-0.1, -0.05) is 18.2 Å². The number of hydrogen-bond donors (Lipinski definition) is 1. The smallest absolute Gasteiger partial charge is 0.256 e. The van der Waals surface area contributed by atoms with Crippen molar-refractivity contribution >= 4 is 23.2 Å². The monoisotopic (exact) mass is 328 g/mol. The summed E-state index contributed by atoms with van der Waals surface area (Å²) in [6, 6.07) is 12.0. The molecule has 24 heavy (non-hydrogen) atoms. The summed E-state index contributed by atoms with van der Waals surface area (Å²) in [7, 11) is 0. The molecular formula is C18H17FN2O3. The largest absolute Gasteiger partial charge is 0.492 e. The number of anilines is 2. The van der Waals surface area contributed by atoms with E-state index in [1.165, 1.54) is 12.1 Å². The molecule has 0 spiro atoms. The van der Waals surface area contributed by atoms with E-state index in [4.69, 9.17) is 4.74 Å². The lowest BCUT2D eigenvalue weighted by atomic mass is 10.2. The highest BCUT2D eigenvalue weighted by Crippen LogP contribution is 2.32. The number of benzene rings is 2. The molecule has 1 atom stereocenters. The van der Waals surface area contributed by atoms with Gasteiger partial charge in [0.05, 0.1) is 18.7 Å². The van der Waals surface area contributed by atoms with Gasteiger partial charge in [0.15, 0.2) is 0 Å². The lowest BCUT2D eigenvalue weighted by molar-refractivity contribution is -0.121. The lowest BCUT2D eigenvalue weighted by Gasteiger charge is -2.19. The van der Waals surface area contributed by atoms with Crippen LogP contribution in [0.2, 0.25) is 0 Å². The number of carbonyl (C=O) groups excluding carboxylic acids is 2. The maximum absolute atomic E-state index is 13.3. The van der Waals surface area contributed by atoms with E-state index in [1.54, 1.807) is 36.4 Å². The standard InChI is InChI=1S/C18H17FN2O3/c1-2-24-16-9-4-3-8-15(16)21-17(22)11-14(18(21)23)20-13-7-5-6-12(19)10-13/h3-10,14,20H,2,11H2,1H3. The fourth-order valence-corrected chi connectivity index (χ4v) is 2.70. The van der Waals surface area contributed by atoms with Crippen LogP contribution < -0.4 is 15.0 Å². The molecule has 124 valence electrons. The summed E-state index contributed by atoms with van der Waals surface area (Å²) in [4.78, 5) is 26.1. The fraction of sp³-hybridized carbons (Fsp3) is 0.222. The number of nitrogens with one attached hydrogen (secondary N) is 1. The van der Waals surface area contributed by atoms with Crippen molar-refractivity contribution in [2.24, 2.45) is 0 Å². The number of hydrogen-bond acceptors (Lipinski definition) is 4. The van der Waals surface area contributed by atoms with Crippen LogP contribution >= 0.6 is 0 Å². The number of nitrogens with zero attached hydrogens (tertiary/aromatic N) is 1. The quantitative estimate of drug-likeness (QED) is 0.857. The SMILES string of the molecule is CCOc1ccccc1N1C(=O)CC(Nc2cccc(F)c2)C1=O. The zero-order chi connectivity index (χ0) is 17.1. The number of imide groups is 1. The molecule has 0 aromatic heterocycles. The average molecular weight is 328 g/mol. The molecule has 1 N–H and O–H groups in total. The number of halogens is 1. The van der Waals surface area contributed by atoms with Crippen LogP contribution in [0.1, 0.15) is 13.3 Å². The number of carbonyl (C=O) groups is 2. The summed E-state index contributed by atoms with van der Waals surface area (Å²) in [6.07, 6.45) is 0.00973. The van der Waals surface area contributed by atoms with Gasteiger partial charge in [0.2, 0.25) is 5.91 Å². The van der Waals surface area contributed by atoms with E-state index in [1.807, 2.05) is 6.92 Å². The van der Waals surface area contributed by atoms with Gasteiger partial charge < -0.3 is 10.1 Å². The van der Waals surface area contributed by atoms with Crippen LogP contribution in [-0.2, 0) is 9.59 Å². The van der Waals surface area contributed by atoms with Crippen LogP contribution in [0.4, 0.5) is 15.8 Å². The summed E-state index contributed by atoms with van der Waals surface area (Å²) in [5.74, 6) is -0.624. The number of ether oxygens (including phenoxy) is 1. The van der Waals surface area contributed by atoms with E-state index in [0.717, 1.165) is 4.90 Å². The third-order valence-electron chi connectivity index (χ3n) is 3.72. The molecule has 2 aromatic rings. The third kappa shape index (κ3) is 3.08. The third-order valence-corrected chi connectivity index (χ3v) is 3.72. The van der Waals surface area contributed by atoms with Gasteiger partial charge in [-0.25, -0.2) is 9.29 Å². The molecule has 6 heteroatoms. The summed E-state index contributed by atoms with van der Waals surface area (Å²) in [6.45, 7) is 2.26. The molecule has 0 aliphatic carbocycles. The highest BCUT2D eigenvalue weighted by Gasteiger charge is 2.40. The van der Waals surface area contributed by atoms with Gasteiger partial charge in [0, 0.05) is 5.69 Å². The van der Waals surface area contributed by atoms with Crippen molar-refractivity contribution in [3.8, 4) is 5.75 Å². The predicted molar refractivity (Wildman–Crippen MR) is 88.5 cm³/mol. The second-order valence-corrected chi connectivity index (χ2v) is 5.38. The van der Waals surface area contributed by atoms with E-state index in [2.05, 4.69) is 5.32 Å². The van der Waals surface area contributed by atoms with Gasteiger partial charge >= 0.3 is 0 Å². The Morgan fingerprint density at radius 3 is 2.75 bits per heavy atom. The lowest BCUT2D eigenvalue weighted by Crippen LogP contribution is -2.35. The number of para-hydroxylation sites is 2. The van der Waals surface area contributed by atoms with E-state index in [0.29, 0.717) is 23.7 Å². The van der Waals surface area contributed by atoms with Crippen molar-refractivity contribution < 1.29 is 18.7 Å². The van der Waals surface area contributed by atoms with Crippen LogP contribution in [0.3, 0.4) is 0 Å². The molecule has 2 aromatic carbocycles. The van der Waals surface area contributed by atoms with Gasteiger partial charge in [-0.05, 0) is 37.3 Å². The van der Waals surface area contributed by atoms with Crippen LogP contribution in [-0.4, -0.2) is 24.5 Å². The highest BCUT2D eigenvalue weighted by molar-refractivity contribution is 6.23. The molecule has 1 unspecified atom stereocenters. The topological polar surface area (TPSA) is 58.6 Å².